The second kappa shape index (κ2) is 5.13. The van der Waals surface area contributed by atoms with Gasteiger partial charge in [-0.05, 0) is 12.3 Å². The van der Waals surface area contributed by atoms with Gasteiger partial charge in [0, 0.05) is 12.5 Å². The molecule has 15 heavy (non-hydrogen) atoms. The van der Waals surface area contributed by atoms with Gasteiger partial charge in [-0.15, -0.1) is 10.2 Å². The van der Waals surface area contributed by atoms with Gasteiger partial charge in [0.2, 0.25) is 0 Å². The molecule has 0 spiro atoms. The van der Waals surface area contributed by atoms with Crippen LogP contribution in [0.1, 0.15) is 12.7 Å². The quantitative estimate of drug-likeness (QED) is 0.689. The predicted octanol–water partition coefficient (Wildman–Crippen LogP) is -0.436. The fourth-order valence-corrected chi connectivity index (χ4v) is 1.32. The van der Waals surface area contributed by atoms with Crippen LogP contribution in [0.25, 0.3) is 0 Å². The number of hydrogen-bond donors (Lipinski definition) is 1. The van der Waals surface area contributed by atoms with Crippen LogP contribution in [0, 0.1) is 5.92 Å². The summed E-state index contributed by atoms with van der Waals surface area (Å²) in [4.78, 5) is 4.05. The fraction of sp³-hybridized carbons (Fsp3) is 0.750. The van der Waals surface area contributed by atoms with Gasteiger partial charge in [-0.2, -0.15) is 4.80 Å². The Balaban J connectivity index is 2.42. The number of nitrogens with two attached hydrogens (primary N) is 1. The average Bonchev–Trinajstić information content (AvgIpc) is 2.50. The summed E-state index contributed by atoms with van der Waals surface area (Å²) in [6, 6.07) is 0. The van der Waals surface area contributed by atoms with Crippen LogP contribution in [0.4, 0.5) is 0 Å². The van der Waals surface area contributed by atoms with Crippen molar-refractivity contribution in [3.8, 4) is 0 Å². The van der Waals surface area contributed by atoms with Crippen molar-refractivity contribution in [1.82, 2.24) is 25.1 Å². The van der Waals surface area contributed by atoms with Gasteiger partial charge in [-0.3, -0.25) is 4.90 Å². The predicted molar refractivity (Wildman–Crippen MR) is 61.1 cm³/mol. The molecule has 2 N–H and O–H groups in total. The van der Waals surface area contributed by atoms with Gasteiger partial charge < -0.3 is 5.73 Å². The molecule has 0 aliphatic heterocycles. The van der Waals surface area contributed by atoms with Crippen LogP contribution in [0.2, 0.25) is 0 Å². The minimum atomic E-state index is 0.196. The van der Waals surface area contributed by atoms with E-state index in [-0.39, 0.29) is 5.92 Å². The molecule has 0 aliphatic carbocycles. The number of thiocarbonyl (C=S) groups is 1. The monoisotopic (exact) mass is 228 g/mol. The Hall–Kier alpha value is -1.08. The summed E-state index contributed by atoms with van der Waals surface area (Å²) in [5.41, 5.74) is 5.54. The molecular weight excluding hydrogens is 212 g/mol. The van der Waals surface area contributed by atoms with E-state index in [1.165, 1.54) is 4.80 Å². The van der Waals surface area contributed by atoms with E-state index in [0.717, 1.165) is 6.54 Å². The van der Waals surface area contributed by atoms with Gasteiger partial charge in [0.25, 0.3) is 0 Å². The zero-order valence-corrected chi connectivity index (χ0v) is 10.0. The van der Waals surface area contributed by atoms with E-state index >= 15 is 0 Å². The van der Waals surface area contributed by atoms with Crippen LogP contribution >= 0.6 is 12.2 Å². The lowest BCUT2D eigenvalue weighted by molar-refractivity contribution is 0.300. The van der Waals surface area contributed by atoms with Crippen LogP contribution in [-0.4, -0.2) is 43.7 Å². The van der Waals surface area contributed by atoms with Crippen molar-refractivity contribution in [2.75, 3.05) is 13.6 Å². The Morgan fingerprint density at radius 2 is 2.33 bits per heavy atom. The highest BCUT2D eigenvalue weighted by Gasteiger charge is 2.11. The van der Waals surface area contributed by atoms with Crippen molar-refractivity contribution in [3.63, 3.8) is 0 Å². The molecule has 0 saturated carbocycles. The lowest BCUT2D eigenvalue weighted by Crippen LogP contribution is -2.31. The molecule has 1 atom stereocenters. The Labute approximate surface area is 94.4 Å². The van der Waals surface area contributed by atoms with Gasteiger partial charge in [-0.1, -0.05) is 19.1 Å². The van der Waals surface area contributed by atoms with Crippen LogP contribution in [0.15, 0.2) is 0 Å². The third-order valence-corrected chi connectivity index (χ3v) is 2.43. The Morgan fingerprint density at radius 1 is 1.67 bits per heavy atom. The van der Waals surface area contributed by atoms with Gasteiger partial charge in [0.15, 0.2) is 5.82 Å². The van der Waals surface area contributed by atoms with E-state index in [1.54, 1.807) is 7.05 Å². The third-order valence-electron chi connectivity index (χ3n) is 2.03. The molecule has 1 aromatic heterocycles. The minimum absolute atomic E-state index is 0.196. The standard InChI is InChI=1S/C8H16N6S/c1-6(8(9)15)4-13(2)5-7-10-12-14(3)11-7/h6H,4-5H2,1-3H3,(H2,9,15). The molecule has 0 bridgehead atoms. The maximum absolute atomic E-state index is 5.54. The topological polar surface area (TPSA) is 72.9 Å². The lowest BCUT2D eigenvalue weighted by atomic mass is 10.2. The van der Waals surface area contributed by atoms with Crippen molar-refractivity contribution >= 4 is 17.2 Å². The maximum Gasteiger partial charge on any atom is 0.188 e. The SMILES string of the molecule is CC(CN(C)Cc1nnn(C)n1)C(N)=S. The summed E-state index contributed by atoms with van der Waals surface area (Å²) >= 11 is 4.91. The minimum Gasteiger partial charge on any atom is -0.393 e. The number of nitrogens with zero attached hydrogens (tertiary/aromatic N) is 5. The zero-order valence-electron chi connectivity index (χ0n) is 9.21. The number of aromatic nitrogens is 4. The van der Waals surface area contributed by atoms with Crippen molar-refractivity contribution in [3.05, 3.63) is 5.82 Å². The van der Waals surface area contributed by atoms with E-state index in [2.05, 4.69) is 20.3 Å². The van der Waals surface area contributed by atoms with E-state index in [1.807, 2.05) is 14.0 Å². The van der Waals surface area contributed by atoms with E-state index in [0.29, 0.717) is 17.4 Å². The van der Waals surface area contributed by atoms with Gasteiger partial charge in [-0.25, -0.2) is 0 Å². The van der Waals surface area contributed by atoms with E-state index in [4.69, 9.17) is 18.0 Å². The largest absolute Gasteiger partial charge is 0.393 e. The molecule has 1 unspecified atom stereocenters. The van der Waals surface area contributed by atoms with Crippen molar-refractivity contribution in [2.45, 2.75) is 13.5 Å². The molecule has 0 amide bonds. The van der Waals surface area contributed by atoms with E-state index < -0.39 is 0 Å². The molecule has 84 valence electrons. The van der Waals surface area contributed by atoms with Gasteiger partial charge >= 0.3 is 0 Å². The van der Waals surface area contributed by atoms with Crippen molar-refractivity contribution in [2.24, 2.45) is 18.7 Å². The Morgan fingerprint density at radius 3 is 2.80 bits per heavy atom. The summed E-state index contributed by atoms with van der Waals surface area (Å²) in [5, 5.41) is 11.8. The van der Waals surface area contributed by atoms with Crippen LogP contribution in [0.5, 0.6) is 0 Å². The van der Waals surface area contributed by atoms with Crippen LogP contribution in [0.3, 0.4) is 0 Å². The fourth-order valence-electron chi connectivity index (χ4n) is 1.25. The van der Waals surface area contributed by atoms with Gasteiger partial charge in [0.1, 0.15) is 0 Å². The highest BCUT2D eigenvalue weighted by atomic mass is 32.1. The second-order valence-corrected chi connectivity index (χ2v) is 4.17. The van der Waals surface area contributed by atoms with Crippen LogP contribution < -0.4 is 5.73 Å². The normalized spacial score (nSPS) is 13.1. The molecule has 0 aliphatic rings. The highest BCUT2D eigenvalue weighted by molar-refractivity contribution is 7.80. The third kappa shape index (κ3) is 3.88. The van der Waals surface area contributed by atoms with E-state index in [9.17, 15) is 0 Å². The first-order chi connectivity index (χ1) is 6.99. The summed E-state index contributed by atoms with van der Waals surface area (Å²) in [6.07, 6.45) is 0. The molecule has 1 heterocycles. The first kappa shape index (κ1) is 12.0. The lowest BCUT2D eigenvalue weighted by Gasteiger charge is -2.18. The van der Waals surface area contributed by atoms with Crippen molar-refractivity contribution < 1.29 is 0 Å². The van der Waals surface area contributed by atoms with Gasteiger partial charge in [0.05, 0.1) is 18.6 Å². The maximum atomic E-state index is 5.54. The molecular formula is C8H16N6S. The first-order valence-electron chi connectivity index (χ1n) is 4.69. The zero-order chi connectivity index (χ0) is 11.4. The van der Waals surface area contributed by atoms with Crippen LogP contribution in [-0.2, 0) is 13.6 Å². The molecule has 0 radical (unpaired) electrons. The summed E-state index contributed by atoms with van der Waals surface area (Å²) in [6.45, 7) is 3.46. The smallest absolute Gasteiger partial charge is 0.188 e. The summed E-state index contributed by atoms with van der Waals surface area (Å²) in [7, 11) is 3.72. The molecule has 0 fully saturated rings. The second-order valence-electron chi connectivity index (χ2n) is 3.70. The molecule has 1 aromatic rings. The molecule has 6 nitrogen and oxygen atoms in total. The first-order valence-corrected chi connectivity index (χ1v) is 5.10. The number of tetrazole rings is 1. The molecule has 7 heteroatoms. The molecule has 1 rings (SSSR count). The summed E-state index contributed by atoms with van der Waals surface area (Å²) in [5.74, 6) is 0.900. The molecule has 0 saturated heterocycles. The number of rotatable bonds is 5. The Kier molecular flexibility index (Phi) is 4.10. The number of aryl methyl sites for hydroxylation is 1. The average molecular weight is 228 g/mol. The Bertz CT molecular complexity index is 336. The summed E-state index contributed by atoms with van der Waals surface area (Å²) < 4.78 is 0. The van der Waals surface area contributed by atoms with Crippen molar-refractivity contribution in [1.29, 1.82) is 0 Å². The highest BCUT2D eigenvalue weighted by Crippen LogP contribution is 2.01. The number of hydrogen-bond acceptors (Lipinski definition) is 5. The molecule has 0 aromatic carbocycles.